The smallest absolute Gasteiger partial charge is 0.127 e. The van der Waals surface area contributed by atoms with Crippen LogP contribution in [0.4, 0.5) is 0 Å². The van der Waals surface area contributed by atoms with Crippen LogP contribution in [0.1, 0.15) is 63.3 Å². The Morgan fingerprint density at radius 2 is 1.68 bits per heavy atom. The van der Waals surface area contributed by atoms with Crippen LogP contribution in [-0.4, -0.2) is 43.9 Å². The quantitative estimate of drug-likeness (QED) is 0.414. The number of nitrogens with zero attached hydrogens (tertiary/aromatic N) is 1. The molecular formula is C30H35NO3. The Balaban J connectivity index is 1.62. The van der Waals surface area contributed by atoms with Gasteiger partial charge in [0.15, 0.2) is 0 Å². The van der Waals surface area contributed by atoms with Gasteiger partial charge in [0.25, 0.3) is 0 Å². The summed E-state index contributed by atoms with van der Waals surface area (Å²) in [5.74, 6) is -0.329. The third-order valence-electron chi connectivity index (χ3n) is 6.87. The van der Waals surface area contributed by atoms with Gasteiger partial charge in [0.05, 0.1) is 7.11 Å². The molecule has 0 unspecified atom stereocenters. The van der Waals surface area contributed by atoms with E-state index in [1.165, 1.54) is 20.0 Å². The van der Waals surface area contributed by atoms with Crippen molar-refractivity contribution in [2.24, 2.45) is 0 Å². The maximum Gasteiger partial charge on any atom is 0.127 e. The molecule has 0 aromatic heterocycles. The van der Waals surface area contributed by atoms with E-state index >= 15 is 0 Å². The summed E-state index contributed by atoms with van der Waals surface area (Å²) in [7, 11) is 1.50. The number of benzene rings is 3. The van der Waals surface area contributed by atoms with Gasteiger partial charge in [-0.05, 0) is 69.0 Å². The van der Waals surface area contributed by atoms with Gasteiger partial charge in [-0.1, -0.05) is 48.5 Å². The first-order chi connectivity index (χ1) is 19.0. The Labute approximate surface area is 211 Å². The molecular weight excluding hydrogens is 422 g/mol. The Hall–Kier alpha value is -2.98. The Morgan fingerprint density at radius 1 is 0.941 bits per heavy atom. The van der Waals surface area contributed by atoms with Crippen LogP contribution in [0.3, 0.4) is 0 Å². The average molecular weight is 464 g/mol. The predicted octanol–water partition coefficient (Wildman–Crippen LogP) is 6.26. The van der Waals surface area contributed by atoms with Crippen molar-refractivity contribution in [1.82, 2.24) is 4.90 Å². The first-order valence-corrected chi connectivity index (χ1v) is 11.9. The first-order valence-electron chi connectivity index (χ1n) is 14.9. The minimum absolute atomic E-state index is 0.190. The summed E-state index contributed by atoms with van der Waals surface area (Å²) in [6.45, 7) is -2.33. The molecule has 1 fully saturated rings. The largest absolute Gasteiger partial charge is 0.497 e. The molecule has 1 saturated heterocycles. The van der Waals surface area contributed by atoms with Gasteiger partial charge in [-0.15, -0.1) is 0 Å². The summed E-state index contributed by atoms with van der Waals surface area (Å²) >= 11 is 0. The zero-order valence-corrected chi connectivity index (χ0v) is 19.5. The van der Waals surface area contributed by atoms with Gasteiger partial charge in [0.2, 0.25) is 0 Å². The molecule has 2 atom stereocenters. The summed E-state index contributed by atoms with van der Waals surface area (Å²) in [5.41, 5.74) is -0.474. The minimum Gasteiger partial charge on any atom is -0.497 e. The van der Waals surface area contributed by atoms with Crippen molar-refractivity contribution in [3.05, 3.63) is 89.5 Å². The maximum absolute atomic E-state index is 8.58. The van der Waals surface area contributed by atoms with Crippen LogP contribution in [-0.2, 0) is 0 Å². The number of methoxy groups -OCH3 is 1. The van der Waals surface area contributed by atoms with Gasteiger partial charge in [0, 0.05) is 38.2 Å². The van der Waals surface area contributed by atoms with E-state index in [9.17, 15) is 0 Å². The predicted molar refractivity (Wildman–Crippen MR) is 136 cm³/mol. The highest BCUT2D eigenvalue weighted by molar-refractivity contribution is 5.52. The second-order valence-electron chi connectivity index (χ2n) is 9.07. The van der Waals surface area contributed by atoms with Crippen molar-refractivity contribution in [2.75, 3.05) is 33.4 Å². The fourth-order valence-corrected chi connectivity index (χ4v) is 5.17. The molecule has 178 valence electrons. The molecule has 2 aliphatic heterocycles. The van der Waals surface area contributed by atoms with Crippen molar-refractivity contribution in [3.63, 3.8) is 0 Å². The van der Waals surface area contributed by atoms with Crippen molar-refractivity contribution >= 4 is 0 Å². The Bertz CT molecular complexity index is 1270. The average Bonchev–Trinajstić information content (AvgIpc) is 3.45. The highest BCUT2D eigenvalue weighted by atomic mass is 16.5. The number of ether oxygens (including phenoxy) is 3. The molecule has 3 aromatic rings. The van der Waals surface area contributed by atoms with Gasteiger partial charge >= 0.3 is 0 Å². The maximum atomic E-state index is 8.58. The summed E-state index contributed by atoms with van der Waals surface area (Å²) in [4.78, 5) is 2.38. The van der Waals surface area contributed by atoms with Crippen LogP contribution in [0.15, 0.2) is 72.8 Å². The molecule has 0 amide bonds. The van der Waals surface area contributed by atoms with Crippen LogP contribution in [0.25, 0.3) is 0 Å². The standard InChI is InChI=1S/C30H35NO3/c1-30(2)29(23-9-5-4-6-10-23)28(26-16-15-25(32-3)21-27(26)34-30)22-11-13-24(14-12-22)33-20-19-31-17-7-8-18-31/h4-6,9-16,21,28-29H,7-8,17-20H2,1-3H3/t28-,29+/m0/s1/i1D3,2D3. The van der Waals surface area contributed by atoms with Gasteiger partial charge in [-0.3, -0.25) is 4.90 Å². The molecule has 4 nitrogen and oxygen atoms in total. The van der Waals surface area contributed by atoms with Crippen LogP contribution >= 0.6 is 0 Å². The lowest BCUT2D eigenvalue weighted by Crippen LogP contribution is -2.43. The molecule has 3 aromatic carbocycles. The summed E-state index contributed by atoms with van der Waals surface area (Å²) in [6.07, 6.45) is 2.45. The fraction of sp³-hybridized carbons (Fsp3) is 0.400. The van der Waals surface area contributed by atoms with Crippen molar-refractivity contribution in [1.29, 1.82) is 0 Å². The zero-order chi connectivity index (χ0) is 28.5. The van der Waals surface area contributed by atoms with Gasteiger partial charge < -0.3 is 14.2 Å². The van der Waals surface area contributed by atoms with Gasteiger partial charge in [-0.2, -0.15) is 0 Å². The molecule has 2 aliphatic rings. The van der Waals surface area contributed by atoms with Crippen molar-refractivity contribution in [3.8, 4) is 17.2 Å². The zero-order valence-electron chi connectivity index (χ0n) is 25.5. The molecule has 0 spiro atoms. The topological polar surface area (TPSA) is 30.9 Å². The van der Waals surface area contributed by atoms with Crippen LogP contribution in [0.2, 0.25) is 0 Å². The van der Waals surface area contributed by atoms with E-state index in [0.717, 1.165) is 25.2 Å². The number of hydrogen-bond donors (Lipinski definition) is 0. The van der Waals surface area contributed by atoms with E-state index in [1.807, 2.05) is 36.4 Å². The molecule has 2 heterocycles. The lowest BCUT2D eigenvalue weighted by Gasteiger charge is -2.45. The van der Waals surface area contributed by atoms with E-state index in [-0.39, 0.29) is 5.75 Å². The van der Waals surface area contributed by atoms with E-state index in [2.05, 4.69) is 4.90 Å². The third kappa shape index (κ3) is 4.65. The lowest BCUT2D eigenvalue weighted by atomic mass is 9.68. The number of hydrogen-bond acceptors (Lipinski definition) is 4. The van der Waals surface area contributed by atoms with Gasteiger partial charge in [-0.25, -0.2) is 0 Å². The van der Waals surface area contributed by atoms with E-state index in [4.69, 9.17) is 22.4 Å². The summed E-state index contributed by atoms with van der Waals surface area (Å²) in [6, 6.07) is 21.7. The van der Waals surface area contributed by atoms with E-state index < -0.39 is 31.1 Å². The number of fused-ring (bicyclic) bond motifs is 1. The van der Waals surface area contributed by atoms with Crippen molar-refractivity contribution < 1.29 is 22.4 Å². The molecule has 34 heavy (non-hydrogen) atoms. The van der Waals surface area contributed by atoms with Crippen molar-refractivity contribution in [2.45, 2.75) is 44.0 Å². The summed E-state index contributed by atoms with van der Waals surface area (Å²) < 4.78 is 69.0. The molecule has 0 radical (unpaired) electrons. The van der Waals surface area contributed by atoms with Gasteiger partial charge in [0.1, 0.15) is 29.5 Å². The van der Waals surface area contributed by atoms with Crippen LogP contribution in [0, 0.1) is 0 Å². The number of likely N-dealkylation sites (tertiary alicyclic amines) is 1. The molecule has 5 rings (SSSR count). The second kappa shape index (κ2) is 9.71. The minimum atomic E-state index is -2.99. The monoisotopic (exact) mass is 463 g/mol. The SMILES string of the molecule is [2H]C([2H])([2H])C1(C([2H])([2H])[2H])Oc2cc(OC)ccc2[C@H](c2ccc(OCCN3CCCC3)cc2)[C@H]1c1ccccc1. The first kappa shape index (κ1) is 16.6. The third-order valence-corrected chi connectivity index (χ3v) is 6.87. The lowest BCUT2D eigenvalue weighted by molar-refractivity contribution is 0.0528. The van der Waals surface area contributed by atoms with Crippen LogP contribution in [0.5, 0.6) is 17.2 Å². The molecule has 0 saturated carbocycles. The summed E-state index contributed by atoms with van der Waals surface area (Å²) in [5, 5.41) is 0. The van der Waals surface area contributed by atoms with Crippen LogP contribution < -0.4 is 14.2 Å². The van der Waals surface area contributed by atoms with E-state index in [0.29, 0.717) is 29.2 Å². The molecule has 0 aliphatic carbocycles. The number of rotatable bonds is 7. The highest BCUT2D eigenvalue weighted by Gasteiger charge is 2.45. The highest BCUT2D eigenvalue weighted by Crippen LogP contribution is 2.53. The second-order valence-corrected chi connectivity index (χ2v) is 9.07. The molecule has 0 bridgehead atoms. The normalized spacial score (nSPS) is 24.9. The fourth-order valence-electron chi connectivity index (χ4n) is 5.17. The molecule has 0 N–H and O–H groups in total. The Morgan fingerprint density at radius 3 is 2.38 bits per heavy atom. The molecule has 4 heteroatoms. The Kier molecular flexibility index (Phi) is 4.75. The van der Waals surface area contributed by atoms with E-state index in [1.54, 1.807) is 36.4 Å².